The normalized spacial score (nSPS) is 11.7. The molecule has 0 radical (unpaired) electrons. The van der Waals surface area contributed by atoms with E-state index in [2.05, 4.69) is 5.32 Å². The van der Waals surface area contributed by atoms with Gasteiger partial charge in [-0.1, -0.05) is 37.3 Å². The van der Waals surface area contributed by atoms with Gasteiger partial charge in [0.1, 0.15) is 18.3 Å². The molecule has 0 aliphatic carbocycles. The Kier molecular flexibility index (Phi) is 10.4. The number of ether oxygens (including phenoxy) is 3. The summed E-state index contributed by atoms with van der Waals surface area (Å²) in [5.74, 6) is 0.356. The van der Waals surface area contributed by atoms with Crippen LogP contribution in [0.2, 0.25) is 0 Å². The molecular formula is C29H35N3O7S. The molecule has 3 rings (SSSR count). The third kappa shape index (κ3) is 6.84. The summed E-state index contributed by atoms with van der Waals surface area (Å²) in [4.78, 5) is 28.1. The average molecular weight is 570 g/mol. The van der Waals surface area contributed by atoms with Gasteiger partial charge in [-0.25, -0.2) is 8.42 Å². The van der Waals surface area contributed by atoms with Crippen LogP contribution in [-0.4, -0.2) is 66.1 Å². The molecule has 1 atom stereocenters. The number of nitrogens with zero attached hydrogens (tertiary/aromatic N) is 2. The van der Waals surface area contributed by atoms with E-state index in [-0.39, 0.29) is 23.1 Å². The molecule has 10 nitrogen and oxygen atoms in total. The van der Waals surface area contributed by atoms with Crippen molar-refractivity contribution in [1.82, 2.24) is 10.2 Å². The molecule has 3 aromatic carbocycles. The maximum Gasteiger partial charge on any atom is 0.264 e. The summed E-state index contributed by atoms with van der Waals surface area (Å²) < 4.78 is 44.8. The zero-order valence-corrected chi connectivity index (χ0v) is 24.1. The van der Waals surface area contributed by atoms with Gasteiger partial charge in [0.25, 0.3) is 10.0 Å². The molecule has 0 saturated carbocycles. The van der Waals surface area contributed by atoms with Gasteiger partial charge in [-0.05, 0) is 48.4 Å². The zero-order valence-electron chi connectivity index (χ0n) is 23.3. The second kappa shape index (κ2) is 13.7. The molecule has 3 aromatic rings. The van der Waals surface area contributed by atoms with E-state index in [1.54, 1.807) is 68.6 Å². The highest BCUT2D eigenvalue weighted by Gasteiger charge is 2.33. The molecule has 214 valence electrons. The molecule has 1 N–H and O–H groups in total. The lowest BCUT2D eigenvalue weighted by Crippen LogP contribution is -2.51. The summed E-state index contributed by atoms with van der Waals surface area (Å²) in [6.45, 7) is 1.35. The predicted molar refractivity (Wildman–Crippen MR) is 152 cm³/mol. The number of hydrogen-bond acceptors (Lipinski definition) is 7. The van der Waals surface area contributed by atoms with Crippen LogP contribution in [0.15, 0.2) is 77.7 Å². The number of para-hydroxylation sites is 1. The summed E-state index contributed by atoms with van der Waals surface area (Å²) in [5.41, 5.74) is 1.05. The lowest BCUT2D eigenvalue weighted by molar-refractivity contribution is -0.140. The van der Waals surface area contributed by atoms with E-state index in [1.165, 1.54) is 44.4 Å². The van der Waals surface area contributed by atoms with E-state index in [0.717, 1.165) is 9.87 Å². The average Bonchev–Trinajstić information content (AvgIpc) is 2.99. The fraction of sp³-hybridized carbons (Fsp3) is 0.310. The van der Waals surface area contributed by atoms with Gasteiger partial charge >= 0.3 is 0 Å². The molecule has 0 aliphatic rings. The summed E-state index contributed by atoms with van der Waals surface area (Å²) >= 11 is 0. The van der Waals surface area contributed by atoms with Crippen molar-refractivity contribution in [3.63, 3.8) is 0 Å². The van der Waals surface area contributed by atoms with Gasteiger partial charge in [0.05, 0.1) is 31.9 Å². The maximum atomic E-state index is 14.0. The molecule has 0 bridgehead atoms. The van der Waals surface area contributed by atoms with Crippen LogP contribution in [0.3, 0.4) is 0 Å². The first-order valence-electron chi connectivity index (χ1n) is 12.6. The molecule has 40 heavy (non-hydrogen) atoms. The van der Waals surface area contributed by atoms with Gasteiger partial charge in [0.2, 0.25) is 11.8 Å². The topological polar surface area (TPSA) is 114 Å². The minimum Gasteiger partial charge on any atom is -0.497 e. The van der Waals surface area contributed by atoms with Crippen molar-refractivity contribution in [3.8, 4) is 17.2 Å². The second-order valence-corrected chi connectivity index (χ2v) is 10.6. The third-order valence-corrected chi connectivity index (χ3v) is 8.18. The van der Waals surface area contributed by atoms with Crippen molar-refractivity contribution >= 4 is 27.5 Å². The minimum absolute atomic E-state index is 0.0816. The molecule has 0 fully saturated rings. The quantitative estimate of drug-likeness (QED) is 0.335. The Labute approximate surface area is 235 Å². The molecule has 11 heteroatoms. The van der Waals surface area contributed by atoms with Crippen LogP contribution in [0.4, 0.5) is 5.69 Å². The highest BCUT2D eigenvalue weighted by Crippen LogP contribution is 2.32. The summed E-state index contributed by atoms with van der Waals surface area (Å²) in [5, 5.41) is 2.61. The number of sulfonamides is 1. The molecule has 2 amide bonds. The highest BCUT2D eigenvalue weighted by molar-refractivity contribution is 7.92. The summed E-state index contributed by atoms with van der Waals surface area (Å²) in [7, 11) is 1.67. The number of amides is 2. The van der Waals surface area contributed by atoms with Crippen molar-refractivity contribution in [2.75, 3.05) is 39.2 Å². The molecule has 0 unspecified atom stereocenters. The molecule has 0 saturated heterocycles. The first kappa shape index (κ1) is 30.3. The molecule has 0 aliphatic heterocycles. The van der Waals surface area contributed by atoms with Crippen molar-refractivity contribution < 1.29 is 32.2 Å². The highest BCUT2D eigenvalue weighted by atomic mass is 32.2. The maximum absolute atomic E-state index is 14.0. The van der Waals surface area contributed by atoms with E-state index in [0.29, 0.717) is 23.6 Å². The second-order valence-electron chi connectivity index (χ2n) is 8.77. The Morgan fingerprint density at radius 1 is 0.875 bits per heavy atom. The largest absolute Gasteiger partial charge is 0.497 e. The Balaban J connectivity index is 2.05. The van der Waals surface area contributed by atoms with Gasteiger partial charge in [-0.2, -0.15) is 0 Å². The van der Waals surface area contributed by atoms with E-state index in [1.807, 2.05) is 0 Å². The lowest BCUT2D eigenvalue weighted by Gasteiger charge is -2.33. The Bertz CT molecular complexity index is 1400. The van der Waals surface area contributed by atoms with Crippen molar-refractivity contribution in [2.24, 2.45) is 0 Å². The number of anilines is 1. The first-order valence-corrected chi connectivity index (χ1v) is 14.1. The van der Waals surface area contributed by atoms with E-state index < -0.39 is 28.5 Å². The van der Waals surface area contributed by atoms with Crippen LogP contribution >= 0.6 is 0 Å². The minimum atomic E-state index is -4.25. The zero-order chi connectivity index (χ0) is 29.3. The van der Waals surface area contributed by atoms with Crippen LogP contribution in [0.25, 0.3) is 0 Å². The number of nitrogens with one attached hydrogen (secondary N) is 1. The molecule has 0 heterocycles. The van der Waals surface area contributed by atoms with Gasteiger partial charge < -0.3 is 24.4 Å². The lowest BCUT2D eigenvalue weighted by atomic mass is 10.1. The van der Waals surface area contributed by atoms with Crippen LogP contribution < -0.4 is 23.8 Å². The fourth-order valence-electron chi connectivity index (χ4n) is 4.24. The van der Waals surface area contributed by atoms with Crippen molar-refractivity contribution in [3.05, 3.63) is 78.4 Å². The number of hydrogen-bond donors (Lipinski definition) is 1. The Morgan fingerprint density at radius 3 is 2.08 bits per heavy atom. The van der Waals surface area contributed by atoms with Gasteiger partial charge in [0, 0.05) is 19.7 Å². The molecule has 0 spiro atoms. The molecular weight excluding hydrogens is 534 g/mol. The van der Waals surface area contributed by atoms with Crippen LogP contribution in [-0.2, 0) is 26.2 Å². The molecule has 0 aromatic heterocycles. The number of rotatable bonds is 13. The van der Waals surface area contributed by atoms with E-state index in [4.69, 9.17) is 14.2 Å². The van der Waals surface area contributed by atoms with Crippen molar-refractivity contribution in [2.45, 2.75) is 30.8 Å². The number of carbonyl (C=O) groups excluding carboxylic acids is 2. The number of benzene rings is 3. The number of likely N-dealkylation sites (N-methyl/N-ethyl adjacent to an activating group) is 1. The van der Waals surface area contributed by atoms with Gasteiger partial charge in [-0.3, -0.25) is 13.9 Å². The predicted octanol–water partition coefficient (Wildman–Crippen LogP) is 3.46. The Morgan fingerprint density at radius 2 is 1.52 bits per heavy atom. The Hall–Kier alpha value is -4.25. The SMILES string of the molecule is CC[C@@H](C(=O)NC)N(Cc1ccc(OC)cc1)C(=O)CN(c1ccccc1)S(=O)(=O)c1ccc(OC)c(OC)c1. The van der Waals surface area contributed by atoms with E-state index in [9.17, 15) is 18.0 Å². The van der Waals surface area contributed by atoms with Gasteiger partial charge in [0.15, 0.2) is 11.5 Å². The monoisotopic (exact) mass is 569 g/mol. The van der Waals surface area contributed by atoms with Crippen molar-refractivity contribution in [1.29, 1.82) is 0 Å². The summed E-state index contributed by atoms with van der Waals surface area (Å²) in [6.07, 6.45) is 0.329. The smallest absolute Gasteiger partial charge is 0.264 e. The third-order valence-electron chi connectivity index (χ3n) is 6.41. The van der Waals surface area contributed by atoms with Crippen LogP contribution in [0, 0.1) is 0 Å². The van der Waals surface area contributed by atoms with Gasteiger partial charge in [-0.15, -0.1) is 0 Å². The first-order chi connectivity index (χ1) is 19.2. The summed E-state index contributed by atoms with van der Waals surface area (Å²) in [6, 6.07) is 18.9. The standard InChI is InChI=1S/C29H35N3O7S/c1-6-25(29(34)30-2)31(19-21-12-14-23(37-3)15-13-21)28(33)20-32(22-10-8-7-9-11-22)40(35,36)24-16-17-26(38-4)27(18-24)39-5/h7-18,25H,6,19-20H2,1-5H3,(H,30,34)/t25-/m0/s1. The number of methoxy groups -OCH3 is 3. The van der Waals surface area contributed by atoms with E-state index >= 15 is 0 Å². The van der Waals surface area contributed by atoms with Crippen LogP contribution in [0.1, 0.15) is 18.9 Å². The number of carbonyl (C=O) groups is 2. The fourth-order valence-corrected chi connectivity index (χ4v) is 5.67. The van der Waals surface area contributed by atoms with Crippen LogP contribution in [0.5, 0.6) is 17.2 Å².